The molecule has 0 unspecified atom stereocenters. The number of aromatic nitrogens is 5. The van der Waals surface area contributed by atoms with Crippen molar-refractivity contribution < 1.29 is 9.13 Å². The van der Waals surface area contributed by atoms with Crippen LogP contribution >= 0.6 is 0 Å². The molecule has 0 bridgehead atoms. The van der Waals surface area contributed by atoms with Crippen molar-refractivity contribution in [1.29, 1.82) is 0 Å². The Balaban J connectivity index is 1.58. The molecule has 1 atom stereocenters. The average molecular weight is 300 g/mol. The third-order valence-corrected chi connectivity index (χ3v) is 3.69. The van der Waals surface area contributed by atoms with Crippen molar-refractivity contribution >= 4 is 11.5 Å². The van der Waals surface area contributed by atoms with Crippen LogP contribution in [0.25, 0.3) is 5.65 Å². The van der Waals surface area contributed by atoms with Crippen LogP contribution in [-0.2, 0) is 4.74 Å². The number of ether oxygens (including phenoxy) is 1. The minimum absolute atomic E-state index is 0.110. The minimum Gasteiger partial charge on any atom is -0.370 e. The summed E-state index contributed by atoms with van der Waals surface area (Å²) in [5.41, 5.74) is 1.56. The Morgan fingerprint density at radius 3 is 2.86 bits per heavy atom. The molecule has 0 aliphatic carbocycles. The van der Waals surface area contributed by atoms with Gasteiger partial charge < -0.3 is 9.64 Å². The molecule has 0 radical (unpaired) electrons. The lowest BCUT2D eigenvalue weighted by Gasteiger charge is -2.33. The summed E-state index contributed by atoms with van der Waals surface area (Å²) >= 11 is 0. The van der Waals surface area contributed by atoms with Crippen LogP contribution in [-0.4, -0.2) is 45.0 Å². The first kappa shape index (κ1) is 13.1. The van der Waals surface area contributed by atoms with E-state index in [-0.39, 0.29) is 11.9 Å². The van der Waals surface area contributed by atoms with Gasteiger partial charge in [0.2, 0.25) is 0 Å². The number of hydrogen-bond donors (Lipinski definition) is 0. The van der Waals surface area contributed by atoms with Crippen LogP contribution in [0.3, 0.4) is 0 Å². The molecule has 1 aliphatic rings. The zero-order valence-corrected chi connectivity index (χ0v) is 11.6. The Morgan fingerprint density at radius 2 is 2.00 bits per heavy atom. The van der Waals surface area contributed by atoms with Gasteiger partial charge in [-0.3, -0.25) is 0 Å². The molecule has 8 heteroatoms. The van der Waals surface area contributed by atoms with Gasteiger partial charge in [0.15, 0.2) is 11.5 Å². The largest absolute Gasteiger partial charge is 0.370 e. The van der Waals surface area contributed by atoms with E-state index in [9.17, 15) is 4.39 Å². The third kappa shape index (κ3) is 2.37. The molecular formula is C14H13FN6O. The highest BCUT2D eigenvalue weighted by Crippen LogP contribution is 2.25. The average Bonchev–Trinajstić information content (AvgIpc) is 3.03. The van der Waals surface area contributed by atoms with E-state index in [0.29, 0.717) is 18.8 Å². The van der Waals surface area contributed by atoms with Gasteiger partial charge >= 0.3 is 0 Å². The smallest absolute Gasteiger partial charge is 0.200 e. The molecule has 7 nitrogen and oxygen atoms in total. The second-order valence-corrected chi connectivity index (χ2v) is 5.08. The Kier molecular flexibility index (Phi) is 3.15. The van der Waals surface area contributed by atoms with Gasteiger partial charge in [0.25, 0.3) is 0 Å². The lowest BCUT2D eigenvalue weighted by Crippen LogP contribution is -2.39. The number of benzene rings is 1. The van der Waals surface area contributed by atoms with Crippen LogP contribution in [0.15, 0.2) is 36.4 Å². The number of morpholine rings is 1. The number of rotatable bonds is 2. The number of halogens is 1. The van der Waals surface area contributed by atoms with Gasteiger partial charge in [-0.15, -0.1) is 14.8 Å². The predicted octanol–water partition coefficient (Wildman–Crippen LogP) is 1.24. The second-order valence-electron chi connectivity index (χ2n) is 5.08. The summed E-state index contributed by atoms with van der Waals surface area (Å²) in [5.74, 6) is 0.539. The van der Waals surface area contributed by atoms with Crippen molar-refractivity contribution in [2.75, 3.05) is 24.6 Å². The van der Waals surface area contributed by atoms with Gasteiger partial charge in [-0.25, -0.2) is 4.39 Å². The molecule has 1 aromatic carbocycles. The summed E-state index contributed by atoms with van der Waals surface area (Å²) in [5, 5.41) is 15.6. The first-order chi connectivity index (χ1) is 10.8. The Hall–Kier alpha value is -2.61. The van der Waals surface area contributed by atoms with Crippen LogP contribution in [0, 0.1) is 5.82 Å². The van der Waals surface area contributed by atoms with Gasteiger partial charge in [0.05, 0.1) is 6.61 Å². The van der Waals surface area contributed by atoms with Crippen molar-refractivity contribution in [3.05, 3.63) is 47.8 Å². The molecule has 3 heterocycles. The summed E-state index contributed by atoms with van der Waals surface area (Å²) in [6, 6.07) is 10.1. The molecule has 1 fully saturated rings. The van der Waals surface area contributed by atoms with Crippen LogP contribution in [0.4, 0.5) is 10.2 Å². The normalized spacial score (nSPS) is 18.8. The van der Waals surface area contributed by atoms with E-state index < -0.39 is 0 Å². The fraction of sp³-hybridized carbons (Fsp3) is 0.286. The van der Waals surface area contributed by atoms with Crippen LogP contribution in [0.1, 0.15) is 11.7 Å². The molecule has 1 saturated heterocycles. The van der Waals surface area contributed by atoms with Crippen molar-refractivity contribution in [2.24, 2.45) is 0 Å². The fourth-order valence-corrected chi connectivity index (χ4v) is 2.55. The van der Waals surface area contributed by atoms with E-state index in [4.69, 9.17) is 4.74 Å². The van der Waals surface area contributed by atoms with E-state index in [1.54, 1.807) is 12.1 Å². The second kappa shape index (κ2) is 5.30. The topological polar surface area (TPSA) is 68.4 Å². The quantitative estimate of drug-likeness (QED) is 0.709. The number of fused-ring (bicyclic) bond motifs is 1. The van der Waals surface area contributed by atoms with Gasteiger partial charge in [-0.2, -0.15) is 0 Å². The van der Waals surface area contributed by atoms with E-state index in [0.717, 1.165) is 17.9 Å². The zero-order valence-electron chi connectivity index (χ0n) is 11.6. The molecular weight excluding hydrogens is 287 g/mol. The van der Waals surface area contributed by atoms with Crippen molar-refractivity contribution in [1.82, 2.24) is 25.3 Å². The first-order valence-electron chi connectivity index (χ1n) is 6.97. The SMILES string of the molecule is Fc1ccc([C@H]2CN(c3ccc4nnnn4n3)CCO2)cc1. The standard InChI is InChI=1S/C14H13FN6O/c15-11-3-1-10(2-4-11)12-9-20(7-8-22-12)14-6-5-13-16-18-19-21(13)17-14/h1-6,12H,7-9H2/t12-/m1/s1. The Bertz CT molecular complexity index is 789. The van der Waals surface area contributed by atoms with Crippen LogP contribution < -0.4 is 4.90 Å². The number of tetrazole rings is 1. The lowest BCUT2D eigenvalue weighted by atomic mass is 10.1. The summed E-state index contributed by atoms with van der Waals surface area (Å²) in [7, 11) is 0. The van der Waals surface area contributed by atoms with E-state index in [1.165, 1.54) is 16.8 Å². The molecule has 112 valence electrons. The predicted molar refractivity (Wildman–Crippen MR) is 75.9 cm³/mol. The Morgan fingerprint density at radius 1 is 1.14 bits per heavy atom. The van der Waals surface area contributed by atoms with Crippen molar-refractivity contribution in [3.63, 3.8) is 0 Å². The van der Waals surface area contributed by atoms with E-state index in [2.05, 4.69) is 25.5 Å². The van der Waals surface area contributed by atoms with Crippen molar-refractivity contribution in [3.8, 4) is 0 Å². The van der Waals surface area contributed by atoms with Gasteiger partial charge in [0, 0.05) is 13.1 Å². The lowest BCUT2D eigenvalue weighted by molar-refractivity contribution is 0.0394. The monoisotopic (exact) mass is 300 g/mol. The minimum atomic E-state index is -0.248. The number of anilines is 1. The van der Waals surface area contributed by atoms with Gasteiger partial charge in [-0.05, 0) is 40.3 Å². The van der Waals surface area contributed by atoms with E-state index in [1.807, 2.05) is 12.1 Å². The molecule has 0 spiro atoms. The third-order valence-electron chi connectivity index (χ3n) is 3.69. The molecule has 0 N–H and O–H groups in total. The molecule has 0 saturated carbocycles. The highest BCUT2D eigenvalue weighted by molar-refractivity contribution is 5.45. The summed E-state index contributed by atoms with van der Waals surface area (Å²) < 4.78 is 20.2. The highest BCUT2D eigenvalue weighted by Gasteiger charge is 2.23. The molecule has 3 aromatic rings. The highest BCUT2D eigenvalue weighted by atomic mass is 19.1. The zero-order chi connectivity index (χ0) is 14.9. The molecule has 2 aromatic heterocycles. The maximum Gasteiger partial charge on any atom is 0.200 e. The number of hydrogen-bond acceptors (Lipinski definition) is 6. The van der Waals surface area contributed by atoms with Crippen molar-refractivity contribution in [2.45, 2.75) is 6.10 Å². The van der Waals surface area contributed by atoms with Crippen LogP contribution in [0.2, 0.25) is 0 Å². The molecule has 0 amide bonds. The maximum absolute atomic E-state index is 13.0. The van der Waals surface area contributed by atoms with Gasteiger partial charge in [-0.1, -0.05) is 12.1 Å². The van der Waals surface area contributed by atoms with Crippen LogP contribution in [0.5, 0.6) is 0 Å². The summed E-state index contributed by atoms with van der Waals surface area (Å²) in [6.45, 7) is 1.96. The summed E-state index contributed by atoms with van der Waals surface area (Å²) in [6.07, 6.45) is -0.110. The Labute approximate surface area is 125 Å². The summed E-state index contributed by atoms with van der Waals surface area (Å²) in [4.78, 5) is 2.11. The molecule has 22 heavy (non-hydrogen) atoms. The maximum atomic E-state index is 13.0. The number of nitrogens with zero attached hydrogens (tertiary/aromatic N) is 6. The molecule has 4 rings (SSSR count). The molecule has 1 aliphatic heterocycles. The van der Waals surface area contributed by atoms with Gasteiger partial charge in [0.1, 0.15) is 11.9 Å². The van der Waals surface area contributed by atoms with E-state index >= 15 is 0 Å². The fourth-order valence-electron chi connectivity index (χ4n) is 2.55. The first-order valence-corrected chi connectivity index (χ1v) is 6.97.